The van der Waals surface area contributed by atoms with E-state index in [0.717, 1.165) is 5.92 Å². The molecule has 2 heteroatoms. The zero-order valence-electron chi connectivity index (χ0n) is 19.6. The van der Waals surface area contributed by atoms with Gasteiger partial charge in [-0.2, -0.15) is 0 Å². The highest BCUT2D eigenvalue weighted by Gasteiger charge is 2.20. The Bertz CT molecular complexity index is 490. The molecule has 0 amide bonds. The van der Waals surface area contributed by atoms with Gasteiger partial charge in [0.2, 0.25) is 0 Å². The smallest absolute Gasteiger partial charge is 0.00191 e. The van der Waals surface area contributed by atoms with E-state index in [1.54, 1.807) is 4.90 Å². The van der Waals surface area contributed by atoms with Gasteiger partial charge in [-0.1, -0.05) is 51.8 Å². The maximum absolute atomic E-state index is 3.00. The van der Waals surface area contributed by atoms with Gasteiger partial charge in [0, 0.05) is 0 Å². The summed E-state index contributed by atoms with van der Waals surface area (Å²) in [6.45, 7) is 19.7. The second-order valence-corrected chi connectivity index (χ2v) is 13.5. The van der Waals surface area contributed by atoms with Gasteiger partial charge in [0.15, 0.2) is 0 Å². The van der Waals surface area contributed by atoms with E-state index in [-0.39, 0.29) is 0 Å². The number of hydrogen-bond donors (Lipinski definition) is 0. The molecule has 1 aliphatic heterocycles. The van der Waals surface area contributed by atoms with Gasteiger partial charge >= 0.3 is 0 Å². The molecule has 27 heavy (non-hydrogen) atoms. The minimum absolute atomic E-state index is 0.542. The molecule has 1 fully saturated rings. The van der Waals surface area contributed by atoms with E-state index in [4.69, 9.17) is 0 Å². The number of benzene rings is 1. The fourth-order valence-corrected chi connectivity index (χ4v) is 4.87. The Labute approximate surface area is 173 Å². The van der Waals surface area contributed by atoms with Crippen molar-refractivity contribution in [2.75, 3.05) is 38.4 Å². The molecule has 0 aliphatic carbocycles. The van der Waals surface area contributed by atoms with Crippen LogP contribution < -0.4 is 0 Å². The van der Waals surface area contributed by atoms with Crippen LogP contribution in [0.3, 0.4) is 0 Å². The van der Waals surface area contributed by atoms with Gasteiger partial charge in [-0.05, 0) is 92.9 Å². The second-order valence-electron chi connectivity index (χ2n) is 9.50. The van der Waals surface area contributed by atoms with Crippen molar-refractivity contribution in [3.63, 3.8) is 0 Å². The fraction of sp³-hybridized carbons (Fsp3) is 0.680. The number of aryl methyl sites for hydroxylation is 1. The van der Waals surface area contributed by atoms with Crippen molar-refractivity contribution in [1.82, 2.24) is 4.90 Å². The maximum atomic E-state index is 3.00. The van der Waals surface area contributed by atoms with E-state index in [1.165, 1.54) is 50.1 Å². The standard InChI is InChI=1S/C17H29NS.C6H14.C2H4/c1-15-5-7-17(8-6-15)19(3,4)14-11-16-9-12-18(2)13-10-16;1-5-6(2,3)4;1-2/h5-8,16H,9-14H2,1-4H3;5H2,1-4H3;1-2H2. The molecule has 2 rings (SSSR count). The van der Waals surface area contributed by atoms with Crippen LogP contribution in [-0.4, -0.2) is 43.3 Å². The highest BCUT2D eigenvalue weighted by molar-refractivity contribution is 8.32. The van der Waals surface area contributed by atoms with Crippen LogP contribution in [0.2, 0.25) is 0 Å². The number of hydrogen-bond acceptors (Lipinski definition) is 1. The van der Waals surface area contributed by atoms with E-state index in [9.17, 15) is 0 Å². The van der Waals surface area contributed by atoms with Gasteiger partial charge in [-0.25, -0.2) is 10.0 Å². The van der Waals surface area contributed by atoms with E-state index >= 15 is 0 Å². The summed E-state index contributed by atoms with van der Waals surface area (Å²) in [7, 11) is 1.64. The summed E-state index contributed by atoms with van der Waals surface area (Å²) in [5.41, 5.74) is 1.91. The summed E-state index contributed by atoms with van der Waals surface area (Å²) in [6, 6.07) is 9.22. The maximum Gasteiger partial charge on any atom is -0.00191 e. The highest BCUT2D eigenvalue weighted by atomic mass is 32.3. The van der Waals surface area contributed by atoms with Crippen molar-refractivity contribution in [3.05, 3.63) is 43.0 Å². The van der Waals surface area contributed by atoms with Crippen LogP contribution in [0, 0.1) is 18.3 Å². The molecule has 0 N–H and O–H groups in total. The lowest BCUT2D eigenvalue weighted by Crippen LogP contribution is -2.30. The Kier molecular flexibility index (Phi) is 12.3. The molecule has 1 aromatic rings. The molecule has 0 radical (unpaired) electrons. The number of likely N-dealkylation sites (tertiary alicyclic amines) is 1. The predicted octanol–water partition coefficient (Wildman–Crippen LogP) is 7.39. The summed E-state index contributed by atoms with van der Waals surface area (Å²) in [5.74, 6) is 2.36. The largest absolute Gasteiger partial charge is 0.306 e. The third kappa shape index (κ3) is 11.7. The summed E-state index contributed by atoms with van der Waals surface area (Å²) in [4.78, 5) is 4.04. The van der Waals surface area contributed by atoms with Gasteiger partial charge in [0.1, 0.15) is 0 Å². The average Bonchev–Trinajstić information content (AvgIpc) is 2.63. The van der Waals surface area contributed by atoms with Crippen LogP contribution in [0.4, 0.5) is 0 Å². The minimum Gasteiger partial charge on any atom is -0.306 e. The molecule has 0 spiro atoms. The van der Waals surface area contributed by atoms with Crippen LogP contribution in [0.25, 0.3) is 0 Å². The minimum atomic E-state index is -0.604. The number of piperidine rings is 1. The molecule has 1 heterocycles. The van der Waals surface area contributed by atoms with Gasteiger partial charge in [0.05, 0.1) is 0 Å². The second kappa shape index (κ2) is 12.7. The number of rotatable bonds is 4. The van der Waals surface area contributed by atoms with E-state index in [2.05, 4.69) is 96.5 Å². The Morgan fingerprint density at radius 1 is 1.04 bits per heavy atom. The molecule has 1 saturated heterocycles. The van der Waals surface area contributed by atoms with E-state index in [0.29, 0.717) is 5.41 Å². The third-order valence-electron chi connectivity index (χ3n) is 5.59. The van der Waals surface area contributed by atoms with Crippen LogP contribution in [0.15, 0.2) is 42.3 Å². The van der Waals surface area contributed by atoms with E-state index in [1.807, 2.05) is 0 Å². The first-order valence-electron chi connectivity index (χ1n) is 10.5. The Morgan fingerprint density at radius 3 is 1.89 bits per heavy atom. The quantitative estimate of drug-likeness (QED) is 0.482. The summed E-state index contributed by atoms with van der Waals surface area (Å²) in [6.07, 6.45) is 10.5. The zero-order chi connectivity index (χ0) is 21.1. The zero-order valence-corrected chi connectivity index (χ0v) is 20.4. The highest BCUT2D eigenvalue weighted by Crippen LogP contribution is 2.50. The van der Waals surface area contributed by atoms with Gasteiger partial charge < -0.3 is 4.90 Å². The molecular weight excluding hydrogens is 346 g/mol. The topological polar surface area (TPSA) is 3.24 Å². The molecule has 0 aromatic heterocycles. The lowest BCUT2D eigenvalue weighted by atomic mass is 9.94. The molecule has 0 atom stereocenters. The summed E-state index contributed by atoms with van der Waals surface area (Å²) in [5, 5.41) is 0. The monoisotopic (exact) mass is 393 g/mol. The molecular formula is C25H47NS. The van der Waals surface area contributed by atoms with Gasteiger partial charge in [-0.3, -0.25) is 0 Å². The van der Waals surface area contributed by atoms with Crippen LogP contribution in [-0.2, 0) is 0 Å². The van der Waals surface area contributed by atoms with Crippen molar-refractivity contribution >= 4 is 10.0 Å². The third-order valence-corrected chi connectivity index (χ3v) is 8.40. The summed E-state index contributed by atoms with van der Waals surface area (Å²) >= 11 is 0. The molecule has 1 aliphatic rings. The molecule has 0 unspecified atom stereocenters. The fourth-order valence-electron chi connectivity index (χ4n) is 2.84. The number of nitrogens with zero attached hydrogens (tertiary/aromatic N) is 1. The Morgan fingerprint density at radius 2 is 1.48 bits per heavy atom. The van der Waals surface area contributed by atoms with Crippen LogP contribution in [0.5, 0.6) is 0 Å². The first-order valence-corrected chi connectivity index (χ1v) is 13.1. The summed E-state index contributed by atoms with van der Waals surface area (Å²) < 4.78 is 0. The van der Waals surface area contributed by atoms with Crippen molar-refractivity contribution < 1.29 is 0 Å². The molecule has 158 valence electrons. The first kappa shape index (κ1) is 26.3. The van der Waals surface area contributed by atoms with Crippen molar-refractivity contribution in [3.8, 4) is 0 Å². The average molecular weight is 394 g/mol. The molecule has 1 nitrogen and oxygen atoms in total. The normalized spacial score (nSPS) is 16.6. The van der Waals surface area contributed by atoms with Gasteiger partial charge in [-0.15, -0.1) is 13.2 Å². The molecule has 0 saturated carbocycles. The van der Waals surface area contributed by atoms with Crippen molar-refractivity contribution in [2.24, 2.45) is 11.3 Å². The Hall–Kier alpha value is -0.730. The molecule has 1 aromatic carbocycles. The van der Waals surface area contributed by atoms with E-state index < -0.39 is 10.0 Å². The first-order chi connectivity index (χ1) is 12.5. The van der Waals surface area contributed by atoms with Gasteiger partial charge in [0.25, 0.3) is 0 Å². The SMILES string of the molecule is C=C.CCC(C)(C)C.Cc1ccc(S(C)(C)CCC2CCN(C)CC2)cc1. The predicted molar refractivity (Wildman–Crippen MR) is 130 cm³/mol. The lowest BCUT2D eigenvalue weighted by Gasteiger charge is -2.35. The van der Waals surface area contributed by atoms with Crippen LogP contribution >= 0.6 is 10.0 Å². The molecule has 0 bridgehead atoms. The lowest BCUT2D eigenvalue weighted by molar-refractivity contribution is 0.217. The van der Waals surface area contributed by atoms with Crippen molar-refractivity contribution in [2.45, 2.75) is 65.2 Å². The van der Waals surface area contributed by atoms with Crippen LogP contribution in [0.1, 0.15) is 58.9 Å². The Balaban J connectivity index is 0.000000722. The van der Waals surface area contributed by atoms with Crippen molar-refractivity contribution in [1.29, 1.82) is 0 Å².